The number of hydrogen-bond donors (Lipinski definition) is 1. The molecule has 136 valence electrons. The van der Waals surface area contributed by atoms with E-state index in [2.05, 4.69) is 15.5 Å². The minimum atomic E-state index is -0.147. The number of carbonyl (C=O) groups is 1. The van der Waals surface area contributed by atoms with E-state index in [4.69, 9.17) is 14.0 Å². The summed E-state index contributed by atoms with van der Waals surface area (Å²) >= 11 is 0. The molecule has 2 aromatic carbocycles. The highest BCUT2D eigenvalue weighted by atomic mass is 16.7. The van der Waals surface area contributed by atoms with Crippen molar-refractivity contribution in [2.75, 3.05) is 6.79 Å². The van der Waals surface area contributed by atoms with Crippen molar-refractivity contribution in [2.24, 2.45) is 0 Å². The van der Waals surface area contributed by atoms with Gasteiger partial charge in [0.2, 0.25) is 18.5 Å². The van der Waals surface area contributed by atoms with Gasteiger partial charge in [-0.2, -0.15) is 4.98 Å². The maximum atomic E-state index is 12.4. The van der Waals surface area contributed by atoms with Gasteiger partial charge in [-0.3, -0.25) is 4.79 Å². The second-order valence-corrected chi connectivity index (χ2v) is 6.68. The monoisotopic (exact) mass is 363 g/mol. The molecule has 0 radical (unpaired) electrons. The van der Waals surface area contributed by atoms with Crippen LogP contribution in [0, 0.1) is 0 Å². The van der Waals surface area contributed by atoms with Crippen LogP contribution in [0.3, 0.4) is 0 Å². The second kappa shape index (κ2) is 6.42. The predicted molar refractivity (Wildman–Crippen MR) is 95.4 cm³/mol. The molecule has 7 heteroatoms. The molecule has 2 aliphatic rings. The van der Waals surface area contributed by atoms with Crippen molar-refractivity contribution < 1.29 is 18.8 Å². The molecule has 1 saturated carbocycles. The number of ether oxygens (including phenoxy) is 2. The number of benzene rings is 2. The summed E-state index contributed by atoms with van der Waals surface area (Å²) in [5.41, 5.74) is 2.35. The van der Waals surface area contributed by atoms with Gasteiger partial charge in [-0.05, 0) is 42.7 Å². The van der Waals surface area contributed by atoms with Gasteiger partial charge < -0.3 is 19.3 Å². The number of nitrogens with zero attached hydrogens (tertiary/aromatic N) is 2. The summed E-state index contributed by atoms with van der Waals surface area (Å²) in [6.45, 7) is 0.646. The highest BCUT2D eigenvalue weighted by molar-refractivity contribution is 5.94. The molecule has 0 spiro atoms. The average Bonchev–Trinajstić information content (AvgIpc) is 3.25. The van der Waals surface area contributed by atoms with E-state index in [1.165, 1.54) is 0 Å². The first-order valence-corrected chi connectivity index (χ1v) is 8.87. The van der Waals surface area contributed by atoms with Gasteiger partial charge in [0.1, 0.15) is 0 Å². The summed E-state index contributed by atoms with van der Waals surface area (Å²) < 4.78 is 15.9. The van der Waals surface area contributed by atoms with E-state index in [1.54, 1.807) is 12.1 Å². The van der Waals surface area contributed by atoms with E-state index in [0.29, 0.717) is 35.5 Å². The number of aromatic nitrogens is 2. The van der Waals surface area contributed by atoms with Crippen LogP contribution < -0.4 is 14.8 Å². The largest absolute Gasteiger partial charge is 0.454 e. The molecule has 0 unspecified atom stereocenters. The Balaban J connectivity index is 1.23. The lowest BCUT2D eigenvalue weighted by molar-refractivity contribution is 0.0951. The lowest BCUT2D eigenvalue weighted by Gasteiger charge is -2.07. The predicted octanol–water partition coefficient (Wildman–Crippen LogP) is 3.27. The highest BCUT2D eigenvalue weighted by Gasteiger charge is 2.29. The smallest absolute Gasteiger partial charge is 0.251 e. The molecule has 5 rings (SSSR count). The number of carbonyl (C=O) groups excluding carboxylic acids is 1. The summed E-state index contributed by atoms with van der Waals surface area (Å²) in [5, 5.41) is 6.93. The first-order valence-electron chi connectivity index (χ1n) is 8.87. The van der Waals surface area contributed by atoms with Gasteiger partial charge in [0.15, 0.2) is 11.5 Å². The molecular weight excluding hydrogens is 346 g/mol. The van der Waals surface area contributed by atoms with Crippen molar-refractivity contribution in [1.82, 2.24) is 15.5 Å². The van der Waals surface area contributed by atoms with Crippen LogP contribution in [-0.2, 0) is 6.54 Å². The minimum absolute atomic E-state index is 0.147. The van der Waals surface area contributed by atoms with Crippen LogP contribution in [0.5, 0.6) is 11.5 Å². The number of rotatable bonds is 5. The summed E-state index contributed by atoms with van der Waals surface area (Å²) in [5.74, 6) is 2.97. The third-order valence-corrected chi connectivity index (χ3v) is 4.66. The van der Waals surface area contributed by atoms with E-state index in [9.17, 15) is 4.79 Å². The molecule has 0 saturated heterocycles. The van der Waals surface area contributed by atoms with E-state index >= 15 is 0 Å². The molecular formula is C20H17N3O4. The zero-order valence-electron chi connectivity index (χ0n) is 14.5. The molecule has 1 aromatic heterocycles. The molecule has 0 atom stereocenters. The zero-order chi connectivity index (χ0) is 18.2. The summed E-state index contributed by atoms with van der Waals surface area (Å²) in [7, 11) is 0. The topological polar surface area (TPSA) is 86.5 Å². The maximum absolute atomic E-state index is 12.4. The van der Waals surface area contributed by atoms with E-state index in [1.807, 2.05) is 30.3 Å². The van der Waals surface area contributed by atoms with Crippen LogP contribution in [0.15, 0.2) is 47.0 Å². The van der Waals surface area contributed by atoms with Crippen LogP contribution in [0.1, 0.15) is 40.6 Å². The molecule has 1 amide bonds. The van der Waals surface area contributed by atoms with Crippen LogP contribution in [0.2, 0.25) is 0 Å². The Morgan fingerprint density at radius 2 is 1.89 bits per heavy atom. The van der Waals surface area contributed by atoms with Gasteiger partial charge in [0, 0.05) is 23.6 Å². The molecule has 3 aromatic rings. The SMILES string of the molecule is O=C(NCc1ccc2c(c1)OCO2)c1ccc(-c2noc(C3CC3)n2)cc1. The molecule has 27 heavy (non-hydrogen) atoms. The summed E-state index contributed by atoms with van der Waals surface area (Å²) in [4.78, 5) is 16.8. The van der Waals surface area contributed by atoms with Gasteiger partial charge in [-0.1, -0.05) is 23.4 Å². The van der Waals surface area contributed by atoms with E-state index in [0.717, 1.165) is 29.7 Å². The van der Waals surface area contributed by atoms with Crippen LogP contribution in [-0.4, -0.2) is 22.8 Å². The standard InChI is InChI=1S/C20H17N3O4/c24-19(21-10-12-1-8-16-17(9-12)26-11-25-16)14-4-2-13(3-5-14)18-22-20(27-23-18)15-6-7-15/h1-5,8-9,15H,6-7,10-11H2,(H,21,24). The van der Waals surface area contributed by atoms with Crippen molar-refractivity contribution in [3.05, 3.63) is 59.5 Å². The van der Waals surface area contributed by atoms with Gasteiger partial charge in [-0.25, -0.2) is 0 Å². The van der Waals surface area contributed by atoms with E-state index < -0.39 is 0 Å². The average molecular weight is 363 g/mol. The van der Waals surface area contributed by atoms with E-state index in [-0.39, 0.29) is 12.7 Å². The van der Waals surface area contributed by atoms with Crippen LogP contribution in [0.25, 0.3) is 11.4 Å². The molecule has 1 fully saturated rings. The number of amides is 1. The molecule has 7 nitrogen and oxygen atoms in total. The molecule has 1 N–H and O–H groups in total. The van der Waals surface area contributed by atoms with Gasteiger partial charge in [0.25, 0.3) is 5.91 Å². The van der Waals surface area contributed by atoms with Crippen molar-refractivity contribution >= 4 is 5.91 Å². The second-order valence-electron chi connectivity index (χ2n) is 6.68. The Bertz CT molecular complexity index is 993. The number of nitrogens with one attached hydrogen (secondary N) is 1. The molecule has 1 aliphatic heterocycles. The van der Waals surface area contributed by atoms with Crippen molar-refractivity contribution in [3.8, 4) is 22.9 Å². The molecule has 0 bridgehead atoms. The molecule has 2 heterocycles. The van der Waals surface area contributed by atoms with Gasteiger partial charge >= 0.3 is 0 Å². The lowest BCUT2D eigenvalue weighted by atomic mass is 10.1. The van der Waals surface area contributed by atoms with Gasteiger partial charge in [-0.15, -0.1) is 0 Å². The fourth-order valence-electron chi connectivity index (χ4n) is 2.95. The third-order valence-electron chi connectivity index (χ3n) is 4.66. The lowest BCUT2D eigenvalue weighted by Crippen LogP contribution is -2.22. The Labute approximate surface area is 155 Å². The maximum Gasteiger partial charge on any atom is 0.251 e. The van der Waals surface area contributed by atoms with Gasteiger partial charge in [0.05, 0.1) is 0 Å². The van der Waals surface area contributed by atoms with Crippen LogP contribution in [0.4, 0.5) is 0 Å². The quantitative estimate of drug-likeness (QED) is 0.749. The fourth-order valence-corrected chi connectivity index (χ4v) is 2.95. The van der Waals surface area contributed by atoms with Crippen molar-refractivity contribution in [3.63, 3.8) is 0 Å². The highest BCUT2D eigenvalue weighted by Crippen LogP contribution is 2.39. The first kappa shape index (κ1) is 15.9. The first-order chi connectivity index (χ1) is 13.3. The van der Waals surface area contributed by atoms with Crippen molar-refractivity contribution in [1.29, 1.82) is 0 Å². The van der Waals surface area contributed by atoms with Crippen molar-refractivity contribution in [2.45, 2.75) is 25.3 Å². The minimum Gasteiger partial charge on any atom is -0.454 e. The summed E-state index contributed by atoms with van der Waals surface area (Å²) in [6, 6.07) is 12.8. The Hall–Kier alpha value is -3.35. The summed E-state index contributed by atoms with van der Waals surface area (Å²) in [6.07, 6.45) is 2.23. The zero-order valence-corrected chi connectivity index (χ0v) is 14.5. The van der Waals surface area contributed by atoms with Crippen LogP contribution >= 0.6 is 0 Å². The number of hydrogen-bond acceptors (Lipinski definition) is 6. The Kier molecular flexibility index (Phi) is 3.78. The molecule has 1 aliphatic carbocycles. The fraction of sp³-hybridized carbons (Fsp3) is 0.250. The number of fused-ring (bicyclic) bond motifs is 1. The Morgan fingerprint density at radius 1 is 1.07 bits per heavy atom. The third kappa shape index (κ3) is 3.23. The Morgan fingerprint density at radius 3 is 2.70 bits per heavy atom. The normalized spacial score (nSPS) is 15.0.